The SMILES string of the molecule is O=C(NCCC(=O)N1CCOC(COCc2ccccc2)C1)OCc1ccccc1. The van der Waals surface area contributed by atoms with Crippen molar-refractivity contribution in [3.63, 3.8) is 0 Å². The summed E-state index contributed by atoms with van der Waals surface area (Å²) in [6.07, 6.45) is -0.450. The van der Waals surface area contributed by atoms with Crippen LogP contribution in [0.2, 0.25) is 0 Å². The number of amides is 2. The van der Waals surface area contributed by atoms with Crippen LogP contribution in [0.5, 0.6) is 0 Å². The fourth-order valence-electron chi connectivity index (χ4n) is 3.13. The second-order valence-corrected chi connectivity index (χ2v) is 7.07. The summed E-state index contributed by atoms with van der Waals surface area (Å²) in [6, 6.07) is 19.4. The summed E-state index contributed by atoms with van der Waals surface area (Å²) in [5, 5.41) is 2.62. The van der Waals surface area contributed by atoms with Crippen molar-refractivity contribution in [2.45, 2.75) is 25.7 Å². The maximum Gasteiger partial charge on any atom is 0.407 e. The van der Waals surface area contributed by atoms with Crippen LogP contribution in [0.25, 0.3) is 0 Å². The number of hydrogen-bond donors (Lipinski definition) is 1. The largest absolute Gasteiger partial charge is 0.445 e. The predicted octanol–water partition coefficient (Wildman–Crippen LogP) is 2.75. The first-order valence-corrected chi connectivity index (χ1v) is 10.2. The molecule has 1 fully saturated rings. The Morgan fingerprint density at radius 3 is 2.37 bits per heavy atom. The Balaban J connectivity index is 1.30. The van der Waals surface area contributed by atoms with Crippen molar-refractivity contribution in [1.82, 2.24) is 10.2 Å². The van der Waals surface area contributed by atoms with E-state index in [-0.39, 0.29) is 31.6 Å². The lowest BCUT2D eigenvalue weighted by molar-refractivity contribution is -0.141. The molecule has 3 rings (SSSR count). The van der Waals surface area contributed by atoms with Gasteiger partial charge in [0.15, 0.2) is 0 Å². The topological polar surface area (TPSA) is 77.1 Å². The molecule has 0 saturated carbocycles. The summed E-state index contributed by atoms with van der Waals surface area (Å²) in [5.41, 5.74) is 2.02. The number of ether oxygens (including phenoxy) is 3. The molecule has 30 heavy (non-hydrogen) atoms. The number of hydrogen-bond acceptors (Lipinski definition) is 5. The Labute approximate surface area is 176 Å². The van der Waals surface area contributed by atoms with E-state index in [9.17, 15) is 9.59 Å². The average molecular weight is 412 g/mol. The van der Waals surface area contributed by atoms with Crippen molar-refractivity contribution in [2.75, 3.05) is 32.8 Å². The molecule has 1 unspecified atom stereocenters. The van der Waals surface area contributed by atoms with Crippen molar-refractivity contribution >= 4 is 12.0 Å². The van der Waals surface area contributed by atoms with Gasteiger partial charge in [-0.1, -0.05) is 60.7 Å². The van der Waals surface area contributed by atoms with Crippen LogP contribution in [0.3, 0.4) is 0 Å². The number of alkyl carbamates (subject to hydrolysis) is 1. The Bertz CT molecular complexity index is 785. The van der Waals surface area contributed by atoms with Crippen LogP contribution in [0.15, 0.2) is 60.7 Å². The highest BCUT2D eigenvalue weighted by atomic mass is 16.5. The van der Waals surface area contributed by atoms with Crippen LogP contribution >= 0.6 is 0 Å². The summed E-state index contributed by atoms with van der Waals surface area (Å²) >= 11 is 0. The summed E-state index contributed by atoms with van der Waals surface area (Å²) in [7, 11) is 0. The van der Waals surface area contributed by atoms with Gasteiger partial charge in [-0.05, 0) is 11.1 Å². The second-order valence-electron chi connectivity index (χ2n) is 7.07. The zero-order chi connectivity index (χ0) is 21.0. The summed E-state index contributed by atoms with van der Waals surface area (Å²) in [5.74, 6) is -0.0188. The van der Waals surface area contributed by atoms with Gasteiger partial charge in [0.05, 0.1) is 25.9 Å². The van der Waals surface area contributed by atoms with Gasteiger partial charge in [-0.15, -0.1) is 0 Å². The zero-order valence-corrected chi connectivity index (χ0v) is 17.0. The number of benzene rings is 2. The van der Waals surface area contributed by atoms with Crippen molar-refractivity contribution in [1.29, 1.82) is 0 Å². The molecule has 0 spiro atoms. The lowest BCUT2D eigenvalue weighted by Gasteiger charge is -2.33. The highest BCUT2D eigenvalue weighted by molar-refractivity contribution is 5.77. The minimum Gasteiger partial charge on any atom is -0.445 e. The van der Waals surface area contributed by atoms with E-state index in [0.29, 0.717) is 32.9 Å². The molecule has 1 aliphatic heterocycles. The minimum atomic E-state index is -0.527. The molecule has 1 atom stereocenters. The minimum absolute atomic E-state index is 0.0188. The first kappa shape index (κ1) is 21.8. The van der Waals surface area contributed by atoms with Crippen LogP contribution in [-0.4, -0.2) is 55.9 Å². The third-order valence-corrected chi connectivity index (χ3v) is 4.73. The number of rotatable bonds is 9. The molecule has 1 N–H and O–H groups in total. The Morgan fingerprint density at radius 2 is 1.67 bits per heavy atom. The molecule has 2 aromatic rings. The summed E-state index contributed by atoms with van der Waals surface area (Å²) in [6.45, 7) is 2.91. The van der Waals surface area contributed by atoms with Gasteiger partial charge in [-0.25, -0.2) is 4.79 Å². The molecule has 0 bridgehead atoms. The monoisotopic (exact) mass is 412 g/mol. The highest BCUT2D eigenvalue weighted by Gasteiger charge is 2.24. The van der Waals surface area contributed by atoms with Gasteiger partial charge in [-0.2, -0.15) is 0 Å². The van der Waals surface area contributed by atoms with Gasteiger partial charge in [0, 0.05) is 26.1 Å². The zero-order valence-electron chi connectivity index (χ0n) is 17.0. The maximum absolute atomic E-state index is 12.4. The van der Waals surface area contributed by atoms with E-state index in [1.54, 1.807) is 4.90 Å². The van der Waals surface area contributed by atoms with E-state index in [0.717, 1.165) is 11.1 Å². The number of nitrogens with one attached hydrogen (secondary N) is 1. The first-order valence-electron chi connectivity index (χ1n) is 10.2. The molecule has 0 aromatic heterocycles. The molecule has 2 amide bonds. The third-order valence-electron chi connectivity index (χ3n) is 4.73. The molecule has 7 heteroatoms. The maximum atomic E-state index is 12.4. The smallest absolute Gasteiger partial charge is 0.407 e. The molecule has 2 aromatic carbocycles. The lowest BCUT2D eigenvalue weighted by Crippen LogP contribution is -2.47. The average Bonchev–Trinajstić information content (AvgIpc) is 2.79. The van der Waals surface area contributed by atoms with Crippen LogP contribution in [0.1, 0.15) is 17.5 Å². The van der Waals surface area contributed by atoms with E-state index in [4.69, 9.17) is 14.2 Å². The fraction of sp³-hybridized carbons (Fsp3) is 0.391. The molecule has 160 valence electrons. The van der Waals surface area contributed by atoms with E-state index < -0.39 is 6.09 Å². The molecule has 1 aliphatic rings. The molecule has 7 nitrogen and oxygen atoms in total. The third kappa shape index (κ3) is 7.50. The van der Waals surface area contributed by atoms with Crippen molar-refractivity contribution < 1.29 is 23.8 Å². The van der Waals surface area contributed by atoms with Gasteiger partial charge in [0.25, 0.3) is 0 Å². The molecule has 1 saturated heterocycles. The Kier molecular flexibility index (Phi) is 8.68. The van der Waals surface area contributed by atoms with E-state index in [1.807, 2.05) is 60.7 Å². The quantitative estimate of drug-likeness (QED) is 0.685. The predicted molar refractivity (Wildman–Crippen MR) is 112 cm³/mol. The fourth-order valence-corrected chi connectivity index (χ4v) is 3.13. The first-order chi connectivity index (χ1) is 14.7. The van der Waals surface area contributed by atoms with Crippen LogP contribution in [0, 0.1) is 0 Å². The highest BCUT2D eigenvalue weighted by Crippen LogP contribution is 2.09. The van der Waals surface area contributed by atoms with Gasteiger partial charge >= 0.3 is 6.09 Å². The number of carbonyl (C=O) groups is 2. The van der Waals surface area contributed by atoms with Gasteiger partial charge in [0.1, 0.15) is 6.61 Å². The standard InChI is InChI=1S/C23H28N2O5/c26-22(11-12-24-23(27)30-17-20-9-5-2-6-10-20)25-13-14-29-21(15-25)18-28-16-19-7-3-1-4-8-19/h1-10,21H,11-18H2,(H,24,27). The van der Waals surface area contributed by atoms with Crippen molar-refractivity contribution in [3.05, 3.63) is 71.8 Å². The molecule has 0 radical (unpaired) electrons. The van der Waals surface area contributed by atoms with E-state index >= 15 is 0 Å². The van der Waals surface area contributed by atoms with E-state index in [2.05, 4.69) is 5.32 Å². The lowest BCUT2D eigenvalue weighted by atomic mass is 10.2. The summed E-state index contributed by atoms with van der Waals surface area (Å²) < 4.78 is 16.6. The normalized spacial score (nSPS) is 16.1. The van der Waals surface area contributed by atoms with E-state index in [1.165, 1.54) is 0 Å². The summed E-state index contributed by atoms with van der Waals surface area (Å²) in [4.78, 5) is 26.0. The van der Waals surface area contributed by atoms with Crippen LogP contribution in [-0.2, 0) is 32.2 Å². The van der Waals surface area contributed by atoms with Gasteiger partial charge in [-0.3, -0.25) is 4.79 Å². The molecular formula is C23H28N2O5. The van der Waals surface area contributed by atoms with Crippen molar-refractivity contribution in [3.8, 4) is 0 Å². The van der Waals surface area contributed by atoms with Crippen LogP contribution < -0.4 is 5.32 Å². The number of carbonyl (C=O) groups excluding carboxylic acids is 2. The number of morpholine rings is 1. The molecule has 0 aliphatic carbocycles. The molecule has 1 heterocycles. The van der Waals surface area contributed by atoms with Gasteiger partial charge in [0.2, 0.25) is 5.91 Å². The van der Waals surface area contributed by atoms with Crippen LogP contribution in [0.4, 0.5) is 4.79 Å². The Hall–Kier alpha value is -2.90. The Morgan fingerprint density at radius 1 is 1.00 bits per heavy atom. The van der Waals surface area contributed by atoms with Gasteiger partial charge < -0.3 is 24.4 Å². The van der Waals surface area contributed by atoms with Crippen molar-refractivity contribution in [2.24, 2.45) is 0 Å². The second kappa shape index (κ2) is 11.9. The number of nitrogens with zero attached hydrogens (tertiary/aromatic N) is 1. The molecular weight excluding hydrogens is 384 g/mol.